The molecule has 0 fully saturated rings. The maximum atomic E-state index is 10.9. The highest BCUT2D eigenvalue weighted by Crippen LogP contribution is 2.29. The molecule has 0 radical (unpaired) electrons. The van der Waals surface area contributed by atoms with Crippen LogP contribution >= 0.6 is 0 Å². The van der Waals surface area contributed by atoms with Crippen LogP contribution in [0.25, 0.3) is 0 Å². The van der Waals surface area contributed by atoms with Crippen LogP contribution in [0.15, 0.2) is 30.3 Å². The van der Waals surface area contributed by atoms with Gasteiger partial charge in [0.05, 0.1) is 11.3 Å². The predicted octanol–water partition coefficient (Wildman–Crippen LogP) is 2.11. The maximum Gasteiger partial charge on any atom is 0.306 e. The number of carbonyl (C=O) groups is 1. The number of tetrazole rings is 1. The van der Waals surface area contributed by atoms with Crippen molar-refractivity contribution >= 4 is 5.97 Å². The molecule has 0 aliphatic carbocycles. The van der Waals surface area contributed by atoms with Crippen molar-refractivity contribution in [1.29, 1.82) is 0 Å². The second-order valence-electron chi connectivity index (χ2n) is 5.74. The highest BCUT2D eigenvalue weighted by atomic mass is 16.4. The Balaban J connectivity index is 2.22. The van der Waals surface area contributed by atoms with Crippen molar-refractivity contribution in [2.75, 3.05) is 0 Å². The number of hydrogen-bond acceptors (Lipinski definition) is 4. The van der Waals surface area contributed by atoms with Crippen LogP contribution in [-0.4, -0.2) is 31.3 Å². The Bertz CT molecular complexity index is 607. The van der Waals surface area contributed by atoms with E-state index in [0.29, 0.717) is 13.0 Å². The molecule has 6 nitrogen and oxygen atoms in total. The third-order valence-electron chi connectivity index (χ3n) is 3.78. The van der Waals surface area contributed by atoms with E-state index in [4.69, 9.17) is 5.11 Å². The van der Waals surface area contributed by atoms with Gasteiger partial charge >= 0.3 is 5.97 Å². The molecule has 2 aromatic rings. The summed E-state index contributed by atoms with van der Waals surface area (Å²) in [6, 6.07) is 10.0. The number of hydrogen-bond donors (Lipinski definition) is 1. The number of aliphatic carboxylic acids is 1. The molecule has 0 spiro atoms. The smallest absolute Gasteiger partial charge is 0.306 e. The molecule has 0 aliphatic heterocycles. The minimum atomic E-state index is -0.799. The molecule has 1 N–H and O–H groups in total. The molecule has 0 amide bonds. The number of carboxylic acids is 1. The first-order valence-corrected chi connectivity index (χ1v) is 6.98. The Morgan fingerprint density at radius 1 is 1.33 bits per heavy atom. The average Bonchev–Trinajstić information content (AvgIpc) is 2.94. The third-order valence-corrected chi connectivity index (χ3v) is 3.78. The average molecular weight is 288 g/mol. The fourth-order valence-electron chi connectivity index (χ4n) is 2.23. The summed E-state index contributed by atoms with van der Waals surface area (Å²) in [6.45, 7) is 6.30. The molecule has 0 aliphatic rings. The molecule has 112 valence electrons. The molecule has 0 saturated carbocycles. The van der Waals surface area contributed by atoms with Crippen LogP contribution in [0.1, 0.15) is 38.6 Å². The molecule has 1 aromatic heterocycles. The standard InChI is InChI=1S/C15H20N4O2/c1-11(13(20)21)9-10-19-14(16-17-18-19)15(2,3)12-7-5-4-6-8-12/h4-8,11H,9-10H2,1-3H3,(H,20,21). The van der Waals surface area contributed by atoms with Gasteiger partial charge in [-0.3, -0.25) is 4.79 Å². The number of rotatable bonds is 6. The van der Waals surface area contributed by atoms with Gasteiger partial charge in [0.15, 0.2) is 5.82 Å². The van der Waals surface area contributed by atoms with Gasteiger partial charge < -0.3 is 5.11 Å². The summed E-state index contributed by atoms with van der Waals surface area (Å²) in [4.78, 5) is 10.9. The van der Waals surface area contributed by atoms with Crippen LogP contribution in [0, 0.1) is 5.92 Å². The molecule has 1 heterocycles. The minimum absolute atomic E-state index is 0.336. The molecular weight excluding hydrogens is 268 g/mol. The largest absolute Gasteiger partial charge is 0.481 e. The van der Waals surface area contributed by atoms with Gasteiger partial charge in [-0.2, -0.15) is 0 Å². The van der Waals surface area contributed by atoms with Crippen molar-refractivity contribution in [2.45, 2.75) is 39.2 Å². The van der Waals surface area contributed by atoms with Gasteiger partial charge in [0, 0.05) is 6.54 Å². The summed E-state index contributed by atoms with van der Waals surface area (Å²) in [5.74, 6) is -0.472. The summed E-state index contributed by atoms with van der Waals surface area (Å²) in [5.41, 5.74) is 0.782. The van der Waals surface area contributed by atoms with Gasteiger partial charge in [-0.05, 0) is 36.3 Å². The Kier molecular flexibility index (Phi) is 4.35. The van der Waals surface area contributed by atoms with E-state index in [1.54, 1.807) is 11.6 Å². The zero-order valence-electron chi connectivity index (χ0n) is 12.5. The fraction of sp³-hybridized carbons (Fsp3) is 0.467. The fourth-order valence-corrected chi connectivity index (χ4v) is 2.23. The number of aryl methyl sites for hydroxylation is 1. The van der Waals surface area contributed by atoms with Crippen molar-refractivity contribution in [1.82, 2.24) is 20.2 Å². The number of carboxylic acid groups (broad SMARTS) is 1. The summed E-state index contributed by atoms with van der Waals surface area (Å²) < 4.78 is 1.70. The highest BCUT2D eigenvalue weighted by molar-refractivity contribution is 5.69. The summed E-state index contributed by atoms with van der Waals surface area (Å²) in [6.07, 6.45) is 0.498. The van der Waals surface area contributed by atoms with Crippen LogP contribution < -0.4 is 0 Å². The second kappa shape index (κ2) is 6.03. The second-order valence-corrected chi connectivity index (χ2v) is 5.74. The minimum Gasteiger partial charge on any atom is -0.481 e. The Morgan fingerprint density at radius 2 is 2.00 bits per heavy atom. The van der Waals surface area contributed by atoms with Crippen LogP contribution in [0.4, 0.5) is 0 Å². The van der Waals surface area contributed by atoms with Gasteiger partial charge in [0.2, 0.25) is 0 Å². The van der Waals surface area contributed by atoms with E-state index in [0.717, 1.165) is 11.4 Å². The zero-order valence-corrected chi connectivity index (χ0v) is 12.5. The topological polar surface area (TPSA) is 80.9 Å². The van der Waals surface area contributed by atoms with Crippen molar-refractivity contribution < 1.29 is 9.90 Å². The van der Waals surface area contributed by atoms with Crippen LogP contribution in [0.3, 0.4) is 0 Å². The molecule has 2 rings (SSSR count). The van der Waals surface area contributed by atoms with Gasteiger partial charge in [-0.15, -0.1) is 5.10 Å². The van der Waals surface area contributed by atoms with E-state index in [1.165, 1.54) is 0 Å². The van der Waals surface area contributed by atoms with Crippen molar-refractivity contribution in [3.8, 4) is 0 Å². The van der Waals surface area contributed by atoms with E-state index < -0.39 is 11.9 Å². The Hall–Kier alpha value is -2.24. The van der Waals surface area contributed by atoms with Crippen LogP contribution in [-0.2, 0) is 16.8 Å². The summed E-state index contributed by atoms with van der Waals surface area (Å²) in [7, 11) is 0. The predicted molar refractivity (Wildman–Crippen MR) is 77.8 cm³/mol. The monoisotopic (exact) mass is 288 g/mol. The molecule has 6 heteroatoms. The first kappa shape index (κ1) is 15.2. The van der Waals surface area contributed by atoms with Crippen LogP contribution in [0.2, 0.25) is 0 Å². The van der Waals surface area contributed by atoms with Crippen LogP contribution in [0.5, 0.6) is 0 Å². The van der Waals surface area contributed by atoms with E-state index in [9.17, 15) is 4.79 Å². The normalized spacial score (nSPS) is 13.1. The highest BCUT2D eigenvalue weighted by Gasteiger charge is 2.29. The van der Waals surface area contributed by atoms with Gasteiger partial charge in [-0.25, -0.2) is 4.68 Å². The Labute approximate surface area is 123 Å². The molecule has 1 atom stereocenters. The van der Waals surface area contributed by atoms with E-state index in [1.807, 2.05) is 30.3 Å². The first-order chi connectivity index (χ1) is 9.93. The van der Waals surface area contributed by atoms with Crippen molar-refractivity contribution in [3.63, 3.8) is 0 Å². The van der Waals surface area contributed by atoms with E-state index in [2.05, 4.69) is 29.4 Å². The molecule has 21 heavy (non-hydrogen) atoms. The lowest BCUT2D eigenvalue weighted by Crippen LogP contribution is -2.26. The maximum absolute atomic E-state index is 10.9. The van der Waals surface area contributed by atoms with Gasteiger partial charge in [-0.1, -0.05) is 37.3 Å². The number of benzene rings is 1. The molecule has 1 unspecified atom stereocenters. The van der Waals surface area contributed by atoms with E-state index in [-0.39, 0.29) is 5.41 Å². The Morgan fingerprint density at radius 3 is 2.62 bits per heavy atom. The SMILES string of the molecule is CC(CCn1nnnc1C(C)(C)c1ccccc1)C(=O)O. The molecule has 0 bridgehead atoms. The molecular formula is C15H20N4O2. The molecule has 1 aromatic carbocycles. The van der Waals surface area contributed by atoms with E-state index >= 15 is 0 Å². The lowest BCUT2D eigenvalue weighted by atomic mass is 9.84. The number of nitrogens with zero attached hydrogens (tertiary/aromatic N) is 4. The zero-order chi connectivity index (χ0) is 15.5. The quantitative estimate of drug-likeness (QED) is 0.880. The van der Waals surface area contributed by atoms with Crippen molar-refractivity contribution in [3.05, 3.63) is 41.7 Å². The summed E-state index contributed by atoms with van der Waals surface area (Å²) in [5, 5.41) is 20.9. The lowest BCUT2D eigenvalue weighted by molar-refractivity contribution is -0.141. The van der Waals surface area contributed by atoms with Crippen molar-refractivity contribution in [2.24, 2.45) is 5.92 Å². The van der Waals surface area contributed by atoms with Gasteiger partial charge in [0.25, 0.3) is 0 Å². The molecule has 0 saturated heterocycles. The summed E-state index contributed by atoms with van der Waals surface area (Å²) >= 11 is 0. The lowest BCUT2D eigenvalue weighted by Gasteiger charge is -2.24. The number of aromatic nitrogens is 4. The van der Waals surface area contributed by atoms with Gasteiger partial charge in [0.1, 0.15) is 0 Å². The first-order valence-electron chi connectivity index (χ1n) is 6.98. The third kappa shape index (κ3) is 3.26.